The number of carbonyl (C=O) groups excluding carboxylic acids is 1. The van der Waals surface area contributed by atoms with E-state index in [9.17, 15) is 18.3 Å². The summed E-state index contributed by atoms with van der Waals surface area (Å²) in [6.45, 7) is 1.26. The number of hydrazone groups is 1. The molecule has 150 valence electrons. The van der Waals surface area contributed by atoms with Crippen LogP contribution in [0.5, 0.6) is 11.5 Å². The lowest BCUT2D eigenvalue weighted by atomic mass is 10.2. The zero-order valence-corrected chi connectivity index (χ0v) is 17.1. The highest BCUT2D eigenvalue weighted by Gasteiger charge is 2.22. The van der Waals surface area contributed by atoms with Crippen molar-refractivity contribution < 1.29 is 23.1 Å². The smallest absolute Gasteiger partial charge is 0.260 e. The predicted octanol–water partition coefficient (Wildman–Crippen LogP) is 2.28. The molecule has 0 aliphatic heterocycles. The Morgan fingerprint density at radius 2 is 2.04 bits per heavy atom. The van der Waals surface area contributed by atoms with Crippen LogP contribution in [0.2, 0.25) is 5.02 Å². The largest absolute Gasteiger partial charge is 0.504 e. The third-order valence-electron chi connectivity index (χ3n) is 3.73. The summed E-state index contributed by atoms with van der Waals surface area (Å²) in [5.41, 5.74) is 3.82. The number of methoxy groups -OCH3 is 1. The molecule has 0 aliphatic carbocycles. The highest BCUT2D eigenvalue weighted by Crippen LogP contribution is 2.26. The van der Waals surface area contributed by atoms with Crippen molar-refractivity contribution in [1.29, 1.82) is 0 Å². The number of aryl methyl sites for hydroxylation is 1. The molecule has 2 aromatic carbocycles. The molecule has 0 unspecified atom stereocenters. The third-order valence-corrected chi connectivity index (χ3v) is 5.10. The fraction of sp³-hybridized carbons (Fsp3) is 0.222. The summed E-state index contributed by atoms with van der Waals surface area (Å²) in [5.74, 6) is -0.397. The highest BCUT2D eigenvalue weighted by molar-refractivity contribution is 7.92. The van der Waals surface area contributed by atoms with Crippen molar-refractivity contribution in [2.24, 2.45) is 5.10 Å². The third kappa shape index (κ3) is 5.61. The first-order valence-electron chi connectivity index (χ1n) is 8.04. The zero-order chi connectivity index (χ0) is 20.9. The van der Waals surface area contributed by atoms with Crippen LogP contribution in [-0.2, 0) is 14.8 Å². The minimum atomic E-state index is -3.73. The number of hydrogen-bond donors (Lipinski definition) is 2. The van der Waals surface area contributed by atoms with Gasteiger partial charge < -0.3 is 9.84 Å². The van der Waals surface area contributed by atoms with Gasteiger partial charge in [-0.15, -0.1) is 0 Å². The van der Waals surface area contributed by atoms with Crippen molar-refractivity contribution in [3.63, 3.8) is 0 Å². The van der Waals surface area contributed by atoms with E-state index in [0.29, 0.717) is 21.8 Å². The molecule has 2 aromatic rings. The molecule has 0 aliphatic rings. The van der Waals surface area contributed by atoms with E-state index in [2.05, 4.69) is 10.5 Å². The minimum Gasteiger partial charge on any atom is -0.504 e. The van der Waals surface area contributed by atoms with Crippen molar-refractivity contribution in [3.8, 4) is 11.5 Å². The number of carbonyl (C=O) groups is 1. The SMILES string of the molecule is COc1cc(/C=N\NC(=O)CN(c2cc(Cl)ccc2C)S(C)(=O)=O)ccc1O. The fourth-order valence-electron chi connectivity index (χ4n) is 2.35. The average molecular weight is 426 g/mol. The Kier molecular flexibility index (Phi) is 6.87. The quantitative estimate of drug-likeness (QED) is 0.522. The molecule has 0 spiro atoms. The van der Waals surface area contributed by atoms with Gasteiger partial charge in [0.25, 0.3) is 5.91 Å². The molecule has 0 aromatic heterocycles. The number of hydrogen-bond acceptors (Lipinski definition) is 6. The lowest BCUT2D eigenvalue weighted by Gasteiger charge is -2.23. The van der Waals surface area contributed by atoms with Crippen LogP contribution in [0, 0.1) is 6.92 Å². The van der Waals surface area contributed by atoms with Crippen molar-refractivity contribution in [1.82, 2.24) is 5.43 Å². The Hall–Kier alpha value is -2.78. The Morgan fingerprint density at radius 1 is 1.32 bits per heavy atom. The monoisotopic (exact) mass is 425 g/mol. The van der Waals surface area contributed by atoms with Crippen molar-refractivity contribution in [2.75, 3.05) is 24.2 Å². The van der Waals surface area contributed by atoms with Gasteiger partial charge >= 0.3 is 0 Å². The first kappa shape index (κ1) is 21.5. The summed E-state index contributed by atoms with van der Waals surface area (Å²) in [6, 6.07) is 9.32. The molecule has 0 radical (unpaired) electrons. The first-order chi connectivity index (χ1) is 13.1. The second-order valence-electron chi connectivity index (χ2n) is 5.92. The van der Waals surface area contributed by atoms with Crippen molar-refractivity contribution in [3.05, 3.63) is 52.5 Å². The number of sulfonamides is 1. The molecule has 8 nitrogen and oxygen atoms in total. The van der Waals surface area contributed by atoms with Gasteiger partial charge in [0, 0.05) is 5.02 Å². The standard InChI is InChI=1S/C18H20ClN3O5S/c1-12-4-6-14(19)9-15(12)22(28(3,25)26)11-18(24)21-20-10-13-5-7-16(23)17(8-13)27-2/h4-10,23H,11H2,1-3H3,(H,21,24)/b20-10-. The molecule has 28 heavy (non-hydrogen) atoms. The van der Waals surface area contributed by atoms with Crippen LogP contribution >= 0.6 is 11.6 Å². The summed E-state index contributed by atoms with van der Waals surface area (Å²) in [5, 5.41) is 13.7. The lowest BCUT2D eigenvalue weighted by molar-refractivity contribution is -0.119. The molecule has 2 rings (SSSR count). The predicted molar refractivity (Wildman–Crippen MR) is 109 cm³/mol. The molecular formula is C18H20ClN3O5S. The van der Waals surface area contributed by atoms with E-state index in [1.54, 1.807) is 25.1 Å². The second kappa shape index (κ2) is 8.94. The molecule has 0 heterocycles. The van der Waals surface area contributed by atoms with Crippen LogP contribution in [0.15, 0.2) is 41.5 Å². The topological polar surface area (TPSA) is 108 Å². The maximum Gasteiger partial charge on any atom is 0.260 e. The van der Waals surface area contributed by atoms with Gasteiger partial charge in [-0.2, -0.15) is 5.10 Å². The van der Waals surface area contributed by atoms with E-state index < -0.39 is 22.5 Å². The van der Waals surface area contributed by atoms with Gasteiger partial charge in [0.1, 0.15) is 6.54 Å². The summed E-state index contributed by atoms with van der Waals surface area (Å²) >= 11 is 5.96. The van der Waals surface area contributed by atoms with Gasteiger partial charge in [0.05, 0.1) is 25.3 Å². The zero-order valence-electron chi connectivity index (χ0n) is 15.5. The maximum atomic E-state index is 12.2. The maximum absolute atomic E-state index is 12.2. The number of rotatable bonds is 7. The van der Waals surface area contributed by atoms with Gasteiger partial charge in [-0.1, -0.05) is 17.7 Å². The van der Waals surface area contributed by atoms with E-state index in [1.165, 1.54) is 31.5 Å². The number of amides is 1. The van der Waals surface area contributed by atoms with Gasteiger partial charge in [0.15, 0.2) is 11.5 Å². The van der Waals surface area contributed by atoms with Crippen LogP contribution in [0.25, 0.3) is 0 Å². The molecule has 2 N–H and O–H groups in total. The number of phenolic OH excluding ortho intramolecular Hbond substituents is 1. The Morgan fingerprint density at radius 3 is 2.68 bits per heavy atom. The molecule has 10 heteroatoms. The van der Waals surface area contributed by atoms with Crippen LogP contribution in [0.4, 0.5) is 5.69 Å². The fourth-order valence-corrected chi connectivity index (χ4v) is 3.42. The minimum absolute atomic E-state index is 0.0237. The summed E-state index contributed by atoms with van der Waals surface area (Å²) in [4.78, 5) is 12.2. The van der Waals surface area contributed by atoms with E-state index in [1.807, 2.05) is 0 Å². The number of nitrogens with zero attached hydrogens (tertiary/aromatic N) is 2. The molecule has 0 atom stereocenters. The summed E-state index contributed by atoms with van der Waals surface area (Å²) < 4.78 is 30.3. The summed E-state index contributed by atoms with van der Waals surface area (Å²) in [6.07, 6.45) is 2.35. The highest BCUT2D eigenvalue weighted by atomic mass is 35.5. The molecule has 0 bridgehead atoms. The number of halogens is 1. The van der Waals surface area contributed by atoms with E-state index in [0.717, 1.165) is 10.6 Å². The van der Waals surface area contributed by atoms with Crippen LogP contribution < -0.4 is 14.5 Å². The number of benzene rings is 2. The van der Waals surface area contributed by atoms with Gasteiger partial charge in [-0.25, -0.2) is 13.8 Å². The average Bonchev–Trinajstić information content (AvgIpc) is 2.62. The number of phenols is 1. The van der Waals surface area contributed by atoms with Gasteiger partial charge in [-0.05, 0) is 48.4 Å². The van der Waals surface area contributed by atoms with Crippen molar-refractivity contribution >= 4 is 39.4 Å². The van der Waals surface area contributed by atoms with Gasteiger partial charge in [0.2, 0.25) is 10.0 Å². The number of ether oxygens (including phenoxy) is 1. The number of nitrogens with one attached hydrogen (secondary N) is 1. The van der Waals surface area contributed by atoms with E-state index >= 15 is 0 Å². The lowest BCUT2D eigenvalue weighted by Crippen LogP contribution is -2.39. The molecular weight excluding hydrogens is 406 g/mol. The molecule has 0 saturated carbocycles. The first-order valence-corrected chi connectivity index (χ1v) is 10.3. The van der Waals surface area contributed by atoms with Crippen LogP contribution in [-0.4, -0.2) is 45.6 Å². The number of aromatic hydroxyl groups is 1. The number of anilines is 1. The Balaban J connectivity index is 2.13. The van der Waals surface area contributed by atoms with Crippen LogP contribution in [0.3, 0.4) is 0 Å². The van der Waals surface area contributed by atoms with Gasteiger partial charge in [-0.3, -0.25) is 9.10 Å². The molecule has 0 saturated heterocycles. The second-order valence-corrected chi connectivity index (χ2v) is 8.27. The molecule has 1 amide bonds. The Labute approximate surface area is 168 Å². The molecule has 0 fully saturated rings. The summed E-state index contributed by atoms with van der Waals surface area (Å²) in [7, 11) is -2.31. The van der Waals surface area contributed by atoms with E-state index in [-0.39, 0.29) is 11.5 Å². The Bertz CT molecular complexity index is 1010. The van der Waals surface area contributed by atoms with E-state index in [4.69, 9.17) is 16.3 Å². The normalized spacial score (nSPS) is 11.4. The van der Waals surface area contributed by atoms with Crippen LogP contribution in [0.1, 0.15) is 11.1 Å². The van der Waals surface area contributed by atoms with Crippen molar-refractivity contribution in [2.45, 2.75) is 6.92 Å².